The molecule has 0 radical (unpaired) electrons. The van der Waals surface area contributed by atoms with Gasteiger partial charge in [-0.3, -0.25) is 10.00 Å². The number of sulfone groups is 1. The number of rotatable bonds is 4. The van der Waals surface area contributed by atoms with Crippen LogP contribution < -0.4 is 0 Å². The molecule has 1 aliphatic heterocycles. The maximum absolute atomic E-state index is 11.7. The van der Waals surface area contributed by atoms with Crippen LogP contribution in [0.3, 0.4) is 0 Å². The number of piperidine rings is 1. The summed E-state index contributed by atoms with van der Waals surface area (Å²) in [6.07, 6.45) is 5.61. The predicted molar refractivity (Wildman–Crippen MR) is 66.9 cm³/mol. The van der Waals surface area contributed by atoms with Crippen molar-refractivity contribution in [1.82, 2.24) is 15.1 Å². The molecule has 1 fully saturated rings. The molecule has 0 amide bonds. The Labute approximate surface area is 107 Å². The van der Waals surface area contributed by atoms with Gasteiger partial charge in [0.05, 0.1) is 24.5 Å². The molecule has 0 spiro atoms. The fraction of sp³-hybridized carbons (Fsp3) is 0.727. The Hall–Kier alpha value is -0.920. The molecule has 2 heterocycles. The van der Waals surface area contributed by atoms with Crippen molar-refractivity contribution in [2.75, 3.05) is 26.0 Å². The molecule has 6 nitrogen and oxygen atoms in total. The van der Waals surface area contributed by atoms with Gasteiger partial charge in [-0.05, 0) is 19.4 Å². The molecule has 18 heavy (non-hydrogen) atoms. The van der Waals surface area contributed by atoms with Crippen molar-refractivity contribution in [3.63, 3.8) is 0 Å². The van der Waals surface area contributed by atoms with Crippen LogP contribution in [0, 0.1) is 0 Å². The second-order valence-corrected chi connectivity index (χ2v) is 6.68. The van der Waals surface area contributed by atoms with E-state index in [1.807, 2.05) is 0 Å². The van der Waals surface area contributed by atoms with Gasteiger partial charge < -0.3 is 5.11 Å². The summed E-state index contributed by atoms with van der Waals surface area (Å²) >= 11 is 0. The van der Waals surface area contributed by atoms with Crippen LogP contribution in [0.15, 0.2) is 11.1 Å². The second kappa shape index (κ2) is 5.38. The monoisotopic (exact) mass is 273 g/mol. The molecule has 0 saturated carbocycles. The van der Waals surface area contributed by atoms with Gasteiger partial charge in [0.25, 0.3) is 0 Å². The lowest BCUT2D eigenvalue weighted by Crippen LogP contribution is -2.36. The number of nitrogens with zero attached hydrogens (tertiary/aromatic N) is 2. The standard InChI is InChI=1S/C11H19N3O3S/c1-18(16,17)10-8-12-13-11(10)9-4-2-3-5-14(9)6-7-15/h8-9,15H,2-7H2,1H3,(H,12,13)/t9-/m0/s1. The number of nitrogens with one attached hydrogen (secondary N) is 1. The number of β-amino-alcohol motifs (C(OH)–C–C–N with tert-alkyl or cyclic N) is 1. The Morgan fingerprint density at radius 1 is 1.56 bits per heavy atom. The highest BCUT2D eigenvalue weighted by atomic mass is 32.2. The maximum atomic E-state index is 11.7. The Balaban J connectivity index is 2.31. The van der Waals surface area contributed by atoms with Gasteiger partial charge in [-0.25, -0.2) is 8.42 Å². The van der Waals surface area contributed by atoms with Gasteiger partial charge in [0.2, 0.25) is 0 Å². The summed E-state index contributed by atoms with van der Waals surface area (Å²) in [5.74, 6) is 0. The molecule has 0 aliphatic carbocycles. The van der Waals surface area contributed by atoms with Crippen molar-refractivity contribution in [2.24, 2.45) is 0 Å². The lowest BCUT2D eigenvalue weighted by Gasteiger charge is -2.34. The van der Waals surface area contributed by atoms with Crippen LogP contribution in [0.25, 0.3) is 0 Å². The van der Waals surface area contributed by atoms with Crippen molar-refractivity contribution in [3.05, 3.63) is 11.9 Å². The third-order valence-corrected chi connectivity index (χ3v) is 4.49. The fourth-order valence-corrected chi connectivity index (χ4v) is 3.36. The highest BCUT2D eigenvalue weighted by Crippen LogP contribution is 2.32. The first-order chi connectivity index (χ1) is 8.54. The topological polar surface area (TPSA) is 86.3 Å². The van der Waals surface area contributed by atoms with Crippen LogP contribution in [-0.4, -0.2) is 54.6 Å². The van der Waals surface area contributed by atoms with Crippen LogP contribution in [0.1, 0.15) is 31.0 Å². The van der Waals surface area contributed by atoms with Crippen molar-refractivity contribution < 1.29 is 13.5 Å². The lowest BCUT2D eigenvalue weighted by atomic mass is 9.99. The minimum absolute atomic E-state index is 0.0122. The molecule has 1 saturated heterocycles. The Kier molecular flexibility index (Phi) is 4.04. The van der Waals surface area contributed by atoms with Crippen LogP contribution in [0.2, 0.25) is 0 Å². The van der Waals surface area contributed by atoms with Gasteiger partial charge in [0, 0.05) is 12.8 Å². The minimum atomic E-state index is -3.26. The minimum Gasteiger partial charge on any atom is -0.395 e. The number of aliphatic hydroxyl groups is 1. The first-order valence-corrected chi connectivity index (χ1v) is 8.01. The van der Waals surface area contributed by atoms with E-state index in [1.54, 1.807) is 0 Å². The third-order valence-electron chi connectivity index (χ3n) is 3.37. The molecule has 102 valence electrons. The lowest BCUT2D eigenvalue weighted by molar-refractivity contribution is 0.113. The van der Waals surface area contributed by atoms with E-state index in [-0.39, 0.29) is 17.5 Å². The van der Waals surface area contributed by atoms with E-state index in [9.17, 15) is 8.42 Å². The zero-order chi connectivity index (χ0) is 13.2. The summed E-state index contributed by atoms with van der Waals surface area (Å²) in [4.78, 5) is 2.39. The number of H-pyrrole nitrogens is 1. The molecule has 1 aromatic heterocycles. The first-order valence-electron chi connectivity index (χ1n) is 6.12. The van der Waals surface area contributed by atoms with Crippen LogP contribution in [-0.2, 0) is 9.84 Å². The summed E-state index contributed by atoms with van der Waals surface area (Å²) < 4.78 is 23.4. The summed E-state index contributed by atoms with van der Waals surface area (Å²) in [5.41, 5.74) is 0.658. The van der Waals surface area contributed by atoms with Gasteiger partial charge >= 0.3 is 0 Å². The summed E-state index contributed by atoms with van der Waals surface area (Å²) in [6.45, 7) is 1.53. The summed E-state index contributed by atoms with van der Waals surface area (Å²) in [7, 11) is -3.26. The van der Waals surface area contributed by atoms with Gasteiger partial charge in [0.1, 0.15) is 4.90 Å². The van der Waals surface area contributed by atoms with Crippen LogP contribution >= 0.6 is 0 Å². The van der Waals surface area contributed by atoms with E-state index < -0.39 is 9.84 Å². The average molecular weight is 273 g/mol. The number of likely N-dealkylation sites (tertiary alicyclic amines) is 1. The highest BCUT2D eigenvalue weighted by Gasteiger charge is 2.29. The number of hydrogen-bond acceptors (Lipinski definition) is 5. The maximum Gasteiger partial charge on any atom is 0.178 e. The van der Waals surface area contributed by atoms with Crippen molar-refractivity contribution in [2.45, 2.75) is 30.2 Å². The van der Waals surface area contributed by atoms with Crippen LogP contribution in [0.4, 0.5) is 0 Å². The molecule has 0 aromatic carbocycles. The van der Waals surface area contributed by atoms with Gasteiger partial charge in [-0.1, -0.05) is 6.42 Å². The predicted octanol–water partition coefficient (Wildman–Crippen LogP) is 0.332. The molecule has 1 atom stereocenters. The normalized spacial score (nSPS) is 22.2. The summed E-state index contributed by atoms with van der Waals surface area (Å²) in [5, 5.41) is 15.8. The highest BCUT2D eigenvalue weighted by molar-refractivity contribution is 7.90. The van der Waals surface area contributed by atoms with Gasteiger partial charge in [-0.15, -0.1) is 0 Å². The third kappa shape index (κ3) is 2.73. The molecule has 1 aliphatic rings. The first kappa shape index (κ1) is 13.5. The Morgan fingerprint density at radius 3 is 3.00 bits per heavy atom. The van der Waals surface area contributed by atoms with E-state index in [4.69, 9.17) is 5.11 Å². The van der Waals surface area contributed by atoms with E-state index in [0.29, 0.717) is 12.2 Å². The molecular formula is C11H19N3O3S. The van der Waals surface area contributed by atoms with Crippen LogP contribution in [0.5, 0.6) is 0 Å². The zero-order valence-electron chi connectivity index (χ0n) is 10.5. The fourth-order valence-electron chi connectivity index (χ4n) is 2.53. The molecule has 0 unspecified atom stereocenters. The summed E-state index contributed by atoms with van der Waals surface area (Å²) in [6, 6.07) is 0.0122. The molecule has 2 N–H and O–H groups in total. The quantitative estimate of drug-likeness (QED) is 0.825. The van der Waals surface area contributed by atoms with E-state index in [0.717, 1.165) is 25.8 Å². The Bertz CT molecular complexity index is 495. The SMILES string of the molecule is CS(=O)(=O)c1cn[nH]c1[C@@H]1CCCCN1CCO. The van der Waals surface area contributed by atoms with Crippen molar-refractivity contribution in [1.29, 1.82) is 0 Å². The molecule has 2 rings (SSSR count). The zero-order valence-corrected chi connectivity index (χ0v) is 11.3. The molecular weight excluding hydrogens is 254 g/mol. The smallest absolute Gasteiger partial charge is 0.178 e. The van der Waals surface area contributed by atoms with E-state index >= 15 is 0 Å². The van der Waals surface area contributed by atoms with Gasteiger partial charge in [0.15, 0.2) is 9.84 Å². The average Bonchev–Trinajstić information content (AvgIpc) is 2.78. The largest absolute Gasteiger partial charge is 0.395 e. The van der Waals surface area contributed by atoms with Crippen molar-refractivity contribution in [3.8, 4) is 0 Å². The number of aromatic nitrogens is 2. The molecule has 1 aromatic rings. The number of hydrogen-bond donors (Lipinski definition) is 2. The van der Waals surface area contributed by atoms with Crippen molar-refractivity contribution >= 4 is 9.84 Å². The van der Waals surface area contributed by atoms with E-state index in [1.165, 1.54) is 12.5 Å². The van der Waals surface area contributed by atoms with Gasteiger partial charge in [-0.2, -0.15) is 5.10 Å². The molecule has 7 heteroatoms. The molecule has 0 bridgehead atoms. The second-order valence-electron chi connectivity index (χ2n) is 4.69. The number of aromatic amines is 1. The Morgan fingerprint density at radius 2 is 2.33 bits per heavy atom. The number of aliphatic hydroxyl groups excluding tert-OH is 1. The van der Waals surface area contributed by atoms with E-state index in [2.05, 4.69) is 15.1 Å².